The standard InChI is InChI=1S/C10H11ClN4O2/c1-15-7(16)3-2-6(10(15)17)14-9-8(11)12-4-5-13-9/h4-6H,2-3H2,1H3,(H,13,14). The van der Waals surface area contributed by atoms with E-state index in [1.807, 2.05) is 0 Å². The van der Waals surface area contributed by atoms with Gasteiger partial charge in [0.15, 0.2) is 11.0 Å². The molecule has 2 heterocycles. The summed E-state index contributed by atoms with van der Waals surface area (Å²) in [5.41, 5.74) is 0. The molecule has 2 rings (SSSR count). The van der Waals surface area contributed by atoms with Crippen LogP contribution in [0.5, 0.6) is 0 Å². The van der Waals surface area contributed by atoms with Gasteiger partial charge in [-0.15, -0.1) is 0 Å². The van der Waals surface area contributed by atoms with Crippen LogP contribution in [0.15, 0.2) is 12.4 Å². The first-order valence-electron chi connectivity index (χ1n) is 5.13. The van der Waals surface area contributed by atoms with Crippen LogP contribution in [0, 0.1) is 0 Å². The highest BCUT2D eigenvalue weighted by Crippen LogP contribution is 2.20. The average Bonchev–Trinajstić information content (AvgIpc) is 2.32. The van der Waals surface area contributed by atoms with Gasteiger partial charge >= 0.3 is 0 Å². The maximum atomic E-state index is 11.8. The largest absolute Gasteiger partial charge is 0.356 e. The van der Waals surface area contributed by atoms with Gasteiger partial charge in [0.25, 0.3) is 5.91 Å². The van der Waals surface area contributed by atoms with Gasteiger partial charge in [-0.1, -0.05) is 11.6 Å². The number of carbonyl (C=O) groups excluding carboxylic acids is 2. The number of nitrogens with one attached hydrogen (secondary N) is 1. The Morgan fingerprint density at radius 1 is 1.41 bits per heavy atom. The zero-order chi connectivity index (χ0) is 12.4. The van der Waals surface area contributed by atoms with Crippen molar-refractivity contribution in [3.8, 4) is 0 Å². The van der Waals surface area contributed by atoms with Crippen molar-refractivity contribution < 1.29 is 9.59 Å². The number of piperidine rings is 1. The molecule has 0 aromatic carbocycles. The van der Waals surface area contributed by atoms with Crippen LogP contribution in [0.3, 0.4) is 0 Å². The molecule has 0 spiro atoms. The number of anilines is 1. The molecule has 1 N–H and O–H groups in total. The lowest BCUT2D eigenvalue weighted by molar-refractivity contribution is -0.146. The lowest BCUT2D eigenvalue weighted by Crippen LogP contribution is -2.48. The van der Waals surface area contributed by atoms with Gasteiger partial charge in [0.2, 0.25) is 5.91 Å². The lowest BCUT2D eigenvalue weighted by Gasteiger charge is -2.28. The highest BCUT2D eigenvalue weighted by Gasteiger charge is 2.32. The summed E-state index contributed by atoms with van der Waals surface area (Å²) in [5.74, 6) is -0.0865. The normalized spacial score (nSPS) is 20.6. The summed E-state index contributed by atoms with van der Waals surface area (Å²) >= 11 is 5.83. The molecule has 0 bridgehead atoms. The predicted molar refractivity (Wildman–Crippen MR) is 61.5 cm³/mol. The van der Waals surface area contributed by atoms with Crippen LogP contribution >= 0.6 is 11.6 Å². The van der Waals surface area contributed by atoms with E-state index in [0.29, 0.717) is 18.7 Å². The Morgan fingerprint density at radius 2 is 2.12 bits per heavy atom. The molecule has 1 aromatic rings. The molecule has 1 atom stereocenters. The molecule has 1 fully saturated rings. The van der Waals surface area contributed by atoms with Gasteiger partial charge < -0.3 is 5.32 Å². The molecule has 7 heteroatoms. The first-order chi connectivity index (χ1) is 8.09. The summed E-state index contributed by atoms with van der Waals surface area (Å²) in [4.78, 5) is 32.1. The van der Waals surface area contributed by atoms with Crippen molar-refractivity contribution in [3.05, 3.63) is 17.5 Å². The van der Waals surface area contributed by atoms with E-state index in [4.69, 9.17) is 11.6 Å². The minimum atomic E-state index is -0.480. The molecule has 1 aliphatic rings. The van der Waals surface area contributed by atoms with E-state index >= 15 is 0 Å². The highest BCUT2D eigenvalue weighted by molar-refractivity contribution is 6.31. The number of imide groups is 1. The summed E-state index contributed by atoms with van der Waals surface area (Å²) in [6, 6.07) is -0.480. The van der Waals surface area contributed by atoms with Gasteiger partial charge in [-0.2, -0.15) is 0 Å². The molecular formula is C10H11ClN4O2. The first kappa shape index (κ1) is 11.8. The molecule has 2 amide bonds. The van der Waals surface area contributed by atoms with Crippen LogP contribution in [0.2, 0.25) is 5.15 Å². The number of likely N-dealkylation sites (N-methyl/N-ethyl adjacent to an activating group) is 1. The number of amides is 2. The molecule has 0 saturated carbocycles. The van der Waals surface area contributed by atoms with E-state index in [-0.39, 0.29) is 17.0 Å². The fraction of sp³-hybridized carbons (Fsp3) is 0.400. The van der Waals surface area contributed by atoms with E-state index in [1.54, 1.807) is 0 Å². The van der Waals surface area contributed by atoms with Crippen LogP contribution < -0.4 is 5.32 Å². The highest BCUT2D eigenvalue weighted by atomic mass is 35.5. The molecule has 17 heavy (non-hydrogen) atoms. The van der Waals surface area contributed by atoms with Crippen molar-refractivity contribution in [3.63, 3.8) is 0 Å². The summed E-state index contributed by atoms with van der Waals surface area (Å²) in [6.45, 7) is 0. The van der Waals surface area contributed by atoms with Crippen molar-refractivity contribution in [2.24, 2.45) is 0 Å². The topological polar surface area (TPSA) is 75.2 Å². The summed E-state index contributed by atoms with van der Waals surface area (Å²) in [6.07, 6.45) is 3.72. The summed E-state index contributed by atoms with van der Waals surface area (Å²) in [5, 5.41) is 3.11. The fourth-order valence-electron chi connectivity index (χ4n) is 1.63. The van der Waals surface area contributed by atoms with Crippen LogP contribution in [-0.2, 0) is 9.59 Å². The van der Waals surface area contributed by atoms with Gasteiger partial charge in [-0.05, 0) is 6.42 Å². The number of carbonyl (C=O) groups is 2. The van der Waals surface area contributed by atoms with E-state index in [2.05, 4.69) is 15.3 Å². The van der Waals surface area contributed by atoms with Crippen molar-refractivity contribution in [1.82, 2.24) is 14.9 Å². The molecular weight excluding hydrogens is 244 g/mol. The minimum Gasteiger partial charge on any atom is -0.356 e. The van der Waals surface area contributed by atoms with Crippen molar-refractivity contribution >= 4 is 29.2 Å². The van der Waals surface area contributed by atoms with Gasteiger partial charge in [0.05, 0.1) is 0 Å². The minimum absolute atomic E-state index is 0.168. The molecule has 1 aromatic heterocycles. The van der Waals surface area contributed by atoms with E-state index < -0.39 is 6.04 Å². The van der Waals surface area contributed by atoms with Crippen LogP contribution in [0.1, 0.15) is 12.8 Å². The van der Waals surface area contributed by atoms with Crippen molar-refractivity contribution in [1.29, 1.82) is 0 Å². The van der Waals surface area contributed by atoms with Gasteiger partial charge in [-0.25, -0.2) is 9.97 Å². The molecule has 90 valence electrons. The number of likely N-dealkylation sites (tertiary alicyclic amines) is 1. The van der Waals surface area contributed by atoms with Crippen molar-refractivity contribution in [2.45, 2.75) is 18.9 Å². The Kier molecular flexibility index (Phi) is 3.23. The van der Waals surface area contributed by atoms with E-state index in [0.717, 1.165) is 4.90 Å². The van der Waals surface area contributed by atoms with Crippen LogP contribution in [-0.4, -0.2) is 39.8 Å². The van der Waals surface area contributed by atoms with Gasteiger partial charge in [-0.3, -0.25) is 14.5 Å². The summed E-state index contributed by atoms with van der Waals surface area (Å²) < 4.78 is 0. The third kappa shape index (κ3) is 2.36. The molecule has 0 aliphatic carbocycles. The van der Waals surface area contributed by atoms with Gasteiger partial charge in [0.1, 0.15) is 6.04 Å². The molecule has 1 unspecified atom stereocenters. The zero-order valence-corrected chi connectivity index (χ0v) is 9.94. The summed E-state index contributed by atoms with van der Waals surface area (Å²) in [7, 11) is 1.47. The Hall–Kier alpha value is -1.69. The SMILES string of the molecule is CN1C(=O)CCC(Nc2nccnc2Cl)C1=O. The number of rotatable bonds is 2. The number of hydrogen-bond donors (Lipinski definition) is 1. The smallest absolute Gasteiger partial charge is 0.251 e. The van der Waals surface area contributed by atoms with Crippen molar-refractivity contribution in [2.75, 3.05) is 12.4 Å². The quantitative estimate of drug-likeness (QED) is 0.786. The second kappa shape index (κ2) is 4.67. The second-order valence-electron chi connectivity index (χ2n) is 3.72. The van der Waals surface area contributed by atoms with Crippen LogP contribution in [0.25, 0.3) is 0 Å². The Labute approximate surface area is 103 Å². The Bertz CT molecular complexity index is 465. The monoisotopic (exact) mass is 254 g/mol. The first-order valence-corrected chi connectivity index (χ1v) is 5.51. The maximum Gasteiger partial charge on any atom is 0.251 e. The van der Waals surface area contributed by atoms with E-state index in [1.165, 1.54) is 19.4 Å². The van der Waals surface area contributed by atoms with Crippen LogP contribution in [0.4, 0.5) is 5.82 Å². The second-order valence-corrected chi connectivity index (χ2v) is 4.08. The van der Waals surface area contributed by atoms with Gasteiger partial charge in [0, 0.05) is 25.9 Å². The number of aromatic nitrogens is 2. The van der Waals surface area contributed by atoms with E-state index in [9.17, 15) is 9.59 Å². The predicted octanol–water partition coefficient (Wildman–Crippen LogP) is 0.689. The lowest BCUT2D eigenvalue weighted by atomic mass is 10.0. The Balaban J connectivity index is 2.12. The third-order valence-corrected chi connectivity index (χ3v) is 2.89. The molecule has 1 aliphatic heterocycles. The maximum absolute atomic E-state index is 11.8. The molecule has 6 nitrogen and oxygen atoms in total. The molecule has 0 radical (unpaired) electrons. The number of nitrogens with zero attached hydrogens (tertiary/aromatic N) is 3. The Morgan fingerprint density at radius 3 is 2.82 bits per heavy atom. The third-order valence-electron chi connectivity index (χ3n) is 2.61. The zero-order valence-electron chi connectivity index (χ0n) is 9.18. The average molecular weight is 255 g/mol. The molecule has 1 saturated heterocycles. The number of halogens is 1. The number of hydrogen-bond acceptors (Lipinski definition) is 5. The fourth-order valence-corrected chi connectivity index (χ4v) is 1.79.